The Balaban J connectivity index is 1.52. The molecule has 32 heavy (non-hydrogen) atoms. The third kappa shape index (κ3) is 4.68. The zero-order chi connectivity index (χ0) is 22.9. The number of fused-ring (bicyclic) bond motifs is 1. The summed E-state index contributed by atoms with van der Waals surface area (Å²) in [4.78, 5) is 21.6. The van der Waals surface area contributed by atoms with Crippen LogP contribution in [0.4, 0.5) is 16.2 Å². The maximum atomic E-state index is 12.9. The van der Waals surface area contributed by atoms with Crippen LogP contribution in [0.25, 0.3) is 11.0 Å². The standard InChI is InChI=1S/C21H22ClN5O4S/c1-13-14(2)24-20-11-15(3-6-18(20)23-13)25-21(28)26-19-12-16(4-5-17(19)22)32(29,30)27-7-9-31-10-8-27/h3-6,11-12H,7-10H2,1-2H3,(H2,25,26,28). The number of nitrogens with one attached hydrogen (secondary N) is 2. The molecular formula is C21H22ClN5O4S. The normalized spacial score (nSPS) is 15.0. The van der Waals surface area contributed by atoms with E-state index in [9.17, 15) is 13.2 Å². The van der Waals surface area contributed by atoms with E-state index < -0.39 is 16.1 Å². The number of carbonyl (C=O) groups is 1. The minimum Gasteiger partial charge on any atom is -0.379 e. The highest BCUT2D eigenvalue weighted by Crippen LogP contribution is 2.28. The highest BCUT2D eigenvalue weighted by molar-refractivity contribution is 7.89. The van der Waals surface area contributed by atoms with Crippen molar-refractivity contribution in [1.82, 2.24) is 14.3 Å². The number of halogens is 1. The Hall–Kier alpha value is -2.79. The van der Waals surface area contributed by atoms with Crippen molar-refractivity contribution in [3.05, 3.63) is 52.8 Å². The smallest absolute Gasteiger partial charge is 0.323 e. The number of amides is 2. The molecule has 3 aromatic rings. The lowest BCUT2D eigenvalue weighted by molar-refractivity contribution is 0.0730. The molecule has 2 aromatic carbocycles. The summed E-state index contributed by atoms with van der Waals surface area (Å²) in [6.07, 6.45) is 0. The van der Waals surface area contributed by atoms with E-state index in [0.29, 0.717) is 24.4 Å². The van der Waals surface area contributed by atoms with Crippen LogP contribution in [0, 0.1) is 13.8 Å². The minimum absolute atomic E-state index is 0.0472. The van der Waals surface area contributed by atoms with Gasteiger partial charge in [-0.25, -0.2) is 23.2 Å². The van der Waals surface area contributed by atoms with Crippen molar-refractivity contribution in [2.45, 2.75) is 18.7 Å². The molecule has 1 fully saturated rings. The SMILES string of the molecule is Cc1nc2ccc(NC(=O)Nc3cc(S(=O)(=O)N4CCOCC4)ccc3Cl)cc2nc1C. The Morgan fingerprint density at radius 1 is 1.00 bits per heavy atom. The Morgan fingerprint density at radius 3 is 2.41 bits per heavy atom. The minimum atomic E-state index is -3.72. The number of carbonyl (C=O) groups excluding carboxylic acids is 1. The van der Waals surface area contributed by atoms with Crippen LogP contribution in [0.1, 0.15) is 11.4 Å². The molecule has 0 atom stereocenters. The largest absolute Gasteiger partial charge is 0.379 e. The van der Waals surface area contributed by atoms with Crippen LogP contribution in [0.15, 0.2) is 41.3 Å². The fraction of sp³-hybridized carbons (Fsp3) is 0.286. The zero-order valence-electron chi connectivity index (χ0n) is 17.6. The van der Waals surface area contributed by atoms with Gasteiger partial charge in [-0.15, -0.1) is 0 Å². The predicted molar refractivity (Wildman–Crippen MR) is 123 cm³/mol. The van der Waals surface area contributed by atoms with Gasteiger partial charge >= 0.3 is 6.03 Å². The summed E-state index contributed by atoms with van der Waals surface area (Å²) in [6.45, 7) is 4.99. The van der Waals surface area contributed by atoms with Gasteiger partial charge in [0.05, 0.1) is 51.2 Å². The van der Waals surface area contributed by atoms with Crippen molar-refractivity contribution in [1.29, 1.82) is 0 Å². The van der Waals surface area contributed by atoms with E-state index in [1.54, 1.807) is 18.2 Å². The van der Waals surface area contributed by atoms with Crippen molar-refractivity contribution in [2.24, 2.45) is 0 Å². The fourth-order valence-electron chi connectivity index (χ4n) is 3.29. The van der Waals surface area contributed by atoms with Crippen molar-refractivity contribution in [3.63, 3.8) is 0 Å². The molecule has 0 unspecified atom stereocenters. The Bertz CT molecular complexity index is 1290. The van der Waals surface area contributed by atoms with Crippen LogP contribution < -0.4 is 10.6 Å². The first-order chi connectivity index (χ1) is 15.2. The lowest BCUT2D eigenvalue weighted by Gasteiger charge is -2.26. The molecule has 0 bridgehead atoms. The number of aromatic nitrogens is 2. The highest BCUT2D eigenvalue weighted by Gasteiger charge is 2.27. The first-order valence-electron chi connectivity index (χ1n) is 9.94. The van der Waals surface area contributed by atoms with E-state index in [0.717, 1.165) is 16.9 Å². The average Bonchev–Trinajstić information content (AvgIpc) is 2.77. The zero-order valence-corrected chi connectivity index (χ0v) is 19.1. The molecule has 0 spiro atoms. The van der Waals surface area contributed by atoms with Gasteiger partial charge in [0.1, 0.15) is 0 Å². The molecular weight excluding hydrogens is 454 g/mol. The second kappa shape index (κ2) is 8.99. The number of aryl methyl sites for hydroxylation is 2. The molecule has 2 amide bonds. The van der Waals surface area contributed by atoms with Crippen LogP contribution >= 0.6 is 11.6 Å². The molecule has 0 radical (unpaired) electrons. The van der Waals surface area contributed by atoms with Crippen LogP contribution in [0.3, 0.4) is 0 Å². The number of nitrogens with zero attached hydrogens (tertiary/aromatic N) is 3. The van der Waals surface area contributed by atoms with E-state index in [2.05, 4.69) is 20.6 Å². The van der Waals surface area contributed by atoms with Gasteiger partial charge in [0.2, 0.25) is 10.0 Å². The number of rotatable bonds is 4. The lowest BCUT2D eigenvalue weighted by atomic mass is 10.2. The van der Waals surface area contributed by atoms with Crippen LogP contribution in [0.2, 0.25) is 5.02 Å². The van der Waals surface area contributed by atoms with E-state index in [-0.39, 0.29) is 28.7 Å². The van der Waals surface area contributed by atoms with Gasteiger partial charge in [-0.1, -0.05) is 11.6 Å². The van der Waals surface area contributed by atoms with Crippen molar-refractivity contribution < 1.29 is 17.9 Å². The number of sulfonamides is 1. The van der Waals surface area contributed by atoms with Gasteiger partial charge in [-0.2, -0.15) is 4.31 Å². The monoisotopic (exact) mass is 475 g/mol. The number of hydrogen-bond acceptors (Lipinski definition) is 6. The van der Waals surface area contributed by atoms with Gasteiger partial charge in [0.25, 0.3) is 0 Å². The Labute approximate surface area is 190 Å². The highest BCUT2D eigenvalue weighted by atomic mass is 35.5. The molecule has 9 nitrogen and oxygen atoms in total. The maximum Gasteiger partial charge on any atom is 0.323 e. The number of ether oxygens (including phenoxy) is 1. The summed E-state index contributed by atoms with van der Waals surface area (Å²) in [7, 11) is -3.72. The van der Waals surface area contributed by atoms with E-state index in [4.69, 9.17) is 16.3 Å². The van der Waals surface area contributed by atoms with Gasteiger partial charge in [0, 0.05) is 18.8 Å². The molecule has 1 aliphatic rings. The molecule has 1 saturated heterocycles. The second-order valence-electron chi connectivity index (χ2n) is 7.34. The van der Waals surface area contributed by atoms with Gasteiger partial charge in [-0.05, 0) is 50.2 Å². The van der Waals surface area contributed by atoms with Gasteiger partial charge in [0.15, 0.2) is 0 Å². The van der Waals surface area contributed by atoms with Crippen molar-refractivity contribution in [2.75, 3.05) is 36.9 Å². The number of benzene rings is 2. The van der Waals surface area contributed by atoms with Gasteiger partial charge in [-0.3, -0.25) is 0 Å². The number of hydrogen-bond donors (Lipinski definition) is 2. The molecule has 4 rings (SSSR count). The van der Waals surface area contributed by atoms with Crippen molar-refractivity contribution >= 4 is 50.1 Å². The Kier molecular flexibility index (Phi) is 6.29. The van der Waals surface area contributed by atoms with Crippen LogP contribution in [-0.2, 0) is 14.8 Å². The lowest BCUT2D eigenvalue weighted by Crippen LogP contribution is -2.40. The molecule has 0 aliphatic carbocycles. The van der Waals surface area contributed by atoms with E-state index >= 15 is 0 Å². The van der Waals surface area contributed by atoms with Crippen molar-refractivity contribution in [3.8, 4) is 0 Å². The number of urea groups is 1. The van der Waals surface area contributed by atoms with Crippen LogP contribution in [-0.4, -0.2) is 55.0 Å². The third-order valence-electron chi connectivity index (χ3n) is 5.13. The maximum absolute atomic E-state index is 12.9. The summed E-state index contributed by atoms with van der Waals surface area (Å²) >= 11 is 6.20. The number of anilines is 2. The summed E-state index contributed by atoms with van der Waals surface area (Å²) in [6, 6.07) is 8.85. The topological polar surface area (TPSA) is 114 Å². The number of morpholine rings is 1. The van der Waals surface area contributed by atoms with E-state index in [1.165, 1.54) is 22.5 Å². The quantitative estimate of drug-likeness (QED) is 0.596. The first-order valence-corrected chi connectivity index (χ1v) is 11.8. The second-order valence-corrected chi connectivity index (χ2v) is 9.68. The molecule has 168 valence electrons. The molecule has 0 saturated carbocycles. The molecule has 11 heteroatoms. The molecule has 1 aromatic heterocycles. The fourth-order valence-corrected chi connectivity index (χ4v) is 4.89. The Morgan fingerprint density at radius 2 is 1.69 bits per heavy atom. The van der Waals surface area contributed by atoms with E-state index in [1.807, 2.05) is 13.8 Å². The molecule has 2 heterocycles. The molecule has 1 aliphatic heterocycles. The summed E-state index contributed by atoms with van der Waals surface area (Å²) < 4.78 is 32.4. The predicted octanol–water partition coefficient (Wildman–Crippen LogP) is 3.56. The van der Waals surface area contributed by atoms with Crippen LogP contribution in [0.5, 0.6) is 0 Å². The molecule has 2 N–H and O–H groups in total. The summed E-state index contributed by atoms with van der Waals surface area (Å²) in [5, 5.41) is 5.55. The third-order valence-corrected chi connectivity index (χ3v) is 7.35. The summed E-state index contributed by atoms with van der Waals surface area (Å²) in [5.74, 6) is 0. The van der Waals surface area contributed by atoms with Gasteiger partial charge < -0.3 is 15.4 Å². The average molecular weight is 476 g/mol. The summed E-state index contributed by atoms with van der Waals surface area (Å²) in [5.41, 5.74) is 3.73. The first kappa shape index (κ1) is 22.4.